The molecule has 114 valence electrons. The van der Waals surface area contributed by atoms with Crippen molar-refractivity contribution in [3.8, 4) is 0 Å². The molecule has 3 rings (SSSR count). The Morgan fingerprint density at radius 1 is 1.18 bits per heavy atom. The Labute approximate surface area is 137 Å². The normalized spacial score (nSPS) is 11.8. The fourth-order valence-electron chi connectivity index (χ4n) is 2.05. The number of aromatic nitrogens is 2. The van der Waals surface area contributed by atoms with Gasteiger partial charge in [-0.1, -0.05) is 23.2 Å². The van der Waals surface area contributed by atoms with Gasteiger partial charge in [0, 0.05) is 10.4 Å². The molecule has 2 aromatic carbocycles. The van der Waals surface area contributed by atoms with E-state index in [1.54, 1.807) is 31.3 Å². The third-order valence-electron chi connectivity index (χ3n) is 3.27. The lowest BCUT2D eigenvalue weighted by Crippen LogP contribution is -2.13. The van der Waals surface area contributed by atoms with Crippen molar-refractivity contribution in [1.82, 2.24) is 10.2 Å². The molecule has 0 aliphatic carbocycles. The molecular weight excluding hydrogens is 345 g/mol. The summed E-state index contributed by atoms with van der Waals surface area (Å²) >= 11 is 12.0. The molecular formula is C14H11Cl2N3O2S. The minimum atomic E-state index is -3.81. The molecule has 1 aromatic heterocycles. The number of aromatic amines is 1. The molecule has 0 saturated heterocycles. The van der Waals surface area contributed by atoms with E-state index in [9.17, 15) is 8.42 Å². The van der Waals surface area contributed by atoms with Gasteiger partial charge in [0.15, 0.2) is 0 Å². The fraction of sp³-hybridized carbons (Fsp3) is 0.0714. The number of nitrogens with one attached hydrogen (secondary N) is 2. The second-order valence-corrected chi connectivity index (χ2v) is 7.20. The predicted molar refractivity (Wildman–Crippen MR) is 88.1 cm³/mol. The third-order valence-corrected chi connectivity index (χ3v) is 5.70. The lowest BCUT2D eigenvalue weighted by Gasteiger charge is -2.11. The summed E-state index contributed by atoms with van der Waals surface area (Å²) < 4.78 is 27.5. The van der Waals surface area contributed by atoms with Crippen LogP contribution in [0.2, 0.25) is 10.0 Å². The van der Waals surface area contributed by atoms with Gasteiger partial charge in [-0.25, -0.2) is 8.42 Å². The maximum absolute atomic E-state index is 12.5. The van der Waals surface area contributed by atoms with Crippen molar-refractivity contribution in [2.24, 2.45) is 0 Å². The summed E-state index contributed by atoms with van der Waals surface area (Å²) in [6.45, 7) is 1.67. The Hall–Kier alpha value is -1.76. The molecule has 0 bridgehead atoms. The van der Waals surface area contributed by atoms with E-state index < -0.39 is 10.0 Å². The van der Waals surface area contributed by atoms with E-state index in [-0.39, 0.29) is 9.92 Å². The van der Waals surface area contributed by atoms with Crippen LogP contribution in [0, 0.1) is 6.92 Å². The fourth-order valence-corrected chi connectivity index (χ4v) is 3.91. The first-order valence-electron chi connectivity index (χ1n) is 6.29. The van der Waals surface area contributed by atoms with E-state index in [0.29, 0.717) is 16.3 Å². The summed E-state index contributed by atoms with van der Waals surface area (Å²) in [7, 11) is -3.81. The highest BCUT2D eigenvalue weighted by molar-refractivity contribution is 7.92. The summed E-state index contributed by atoms with van der Waals surface area (Å²) in [6.07, 6.45) is 1.66. The van der Waals surface area contributed by atoms with Gasteiger partial charge in [0.1, 0.15) is 4.90 Å². The molecule has 22 heavy (non-hydrogen) atoms. The van der Waals surface area contributed by atoms with Gasteiger partial charge in [0.2, 0.25) is 0 Å². The highest BCUT2D eigenvalue weighted by Crippen LogP contribution is 2.31. The number of H-pyrrole nitrogens is 1. The van der Waals surface area contributed by atoms with Crippen LogP contribution in [0.1, 0.15) is 5.56 Å². The van der Waals surface area contributed by atoms with Crippen LogP contribution in [-0.2, 0) is 10.0 Å². The molecule has 0 amide bonds. The van der Waals surface area contributed by atoms with Gasteiger partial charge in [-0.05, 0) is 42.8 Å². The third kappa shape index (κ3) is 2.65. The van der Waals surface area contributed by atoms with Gasteiger partial charge in [-0.3, -0.25) is 9.82 Å². The van der Waals surface area contributed by atoms with Gasteiger partial charge >= 0.3 is 0 Å². The van der Waals surface area contributed by atoms with Gasteiger partial charge in [-0.15, -0.1) is 0 Å². The number of benzene rings is 2. The molecule has 2 N–H and O–H groups in total. The van der Waals surface area contributed by atoms with Crippen molar-refractivity contribution < 1.29 is 8.42 Å². The molecule has 8 heteroatoms. The van der Waals surface area contributed by atoms with Gasteiger partial charge in [-0.2, -0.15) is 5.10 Å². The van der Waals surface area contributed by atoms with Crippen molar-refractivity contribution in [2.75, 3.05) is 4.72 Å². The van der Waals surface area contributed by atoms with Crippen molar-refractivity contribution in [3.63, 3.8) is 0 Å². The molecule has 0 atom stereocenters. The topological polar surface area (TPSA) is 74.8 Å². The van der Waals surface area contributed by atoms with Crippen LogP contribution in [0.25, 0.3) is 10.9 Å². The maximum atomic E-state index is 12.5. The zero-order valence-corrected chi connectivity index (χ0v) is 13.7. The Morgan fingerprint density at radius 3 is 2.73 bits per heavy atom. The Morgan fingerprint density at radius 2 is 1.95 bits per heavy atom. The second kappa shape index (κ2) is 5.46. The molecule has 0 unspecified atom stereocenters. The molecule has 0 aliphatic heterocycles. The number of halogens is 2. The standard InChI is InChI=1S/C14H11Cl2N3O2S/c1-8-11(15)4-5-13(14(8)16)22(20,21)19-10-3-2-9-7-17-18-12(9)6-10/h2-7,19H,1H3,(H,17,18). The van der Waals surface area contributed by atoms with Crippen LogP contribution in [0.5, 0.6) is 0 Å². The first-order valence-corrected chi connectivity index (χ1v) is 8.53. The Kier molecular flexibility index (Phi) is 3.76. The first kappa shape index (κ1) is 15.1. The number of rotatable bonds is 3. The minimum absolute atomic E-state index is 0.0132. The van der Waals surface area contributed by atoms with Crippen LogP contribution in [-0.4, -0.2) is 18.6 Å². The van der Waals surface area contributed by atoms with E-state index in [4.69, 9.17) is 23.2 Å². The molecule has 0 spiro atoms. The number of sulfonamides is 1. The van der Waals surface area contributed by atoms with E-state index >= 15 is 0 Å². The van der Waals surface area contributed by atoms with Crippen LogP contribution >= 0.6 is 23.2 Å². The van der Waals surface area contributed by atoms with Gasteiger partial charge in [0.05, 0.1) is 22.4 Å². The molecule has 0 fully saturated rings. The molecule has 0 aliphatic rings. The van der Waals surface area contributed by atoms with Crippen LogP contribution in [0.3, 0.4) is 0 Å². The number of nitrogens with zero attached hydrogens (tertiary/aromatic N) is 1. The van der Waals surface area contributed by atoms with Crippen molar-refractivity contribution in [2.45, 2.75) is 11.8 Å². The Balaban J connectivity index is 2.01. The summed E-state index contributed by atoms with van der Waals surface area (Å²) in [6, 6.07) is 7.98. The van der Waals surface area contributed by atoms with E-state index in [1.165, 1.54) is 12.1 Å². The van der Waals surface area contributed by atoms with Crippen LogP contribution in [0.4, 0.5) is 5.69 Å². The quantitative estimate of drug-likeness (QED) is 0.745. The average Bonchev–Trinajstić information content (AvgIpc) is 2.91. The maximum Gasteiger partial charge on any atom is 0.263 e. The predicted octanol–water partition coefficient (Wildman–Crippen LogP) is 3.98. The SMILES string of the molecule is Cc1c(Cl)ccc(S(=O)(=O)Nc2ccc3cn[nH]c3c2)c1Cl. The number of hydrogen-bond acceptors (Lipinski definition) is 3. The first-order chi connectivity index (χ1) is 10.4. The number of fused-ring (bicyclic) bond motifs is 1. The zero-order chi connectivity index (χ0) is 15.9. The Bertz CT molecular complexity index is 967. The summed E-state index contributed by atoms with van der Waals surface area (Å²) in [5, 5.41) is 8.10. The van der Waals surface area contributed by atoms with Crippen molar-refractivity contribution >= 4 is 49.8 Å². The van der Waals surface area contributed by atoms with Gasteiger partial charge in [0.25, 0.3) is 10.0 Å². The number of hydrogen-bond donors (Lipinski definition) is 2. The summed E-state index contributed by atoms with van der Waals surface area (Å²) in [4.78, 5) is -0.0132. The minimum Gasteiger partial charge on any atom is -0.280 e. The van der Waals surface area contributed by atoms with Crippen LogP contribution < -0.4 is 4.72 Å². The second-order valence-electron chi connectivity index (χ2n) is 4.76. The zero-order valence-electron chi connectivity index (χ0n) is 11.4. The van der Waals surface area contributed by atoms with Crippen molar-refractivity contribution in [3.05, 3.63) is 52.1 Å². The lowest BCUT2D eigenvalue weighted by molar-refractivity contribution is 0.601. The largest absolute Gasteiger partial charge is 0.280 e. The summed E-state index contributed by atoms with van der Waals surface area (Å²) in [5.74, 6) is 0. The monoisotopic (exact) mass is 355 g/mol. The van der Waals surface area contributed by atoms with E-state index in [0.717, 1.165) is 10.9 Å². The molecule has 5 nitrogen and oxygen atoms in total. The molecule has 3 aromatic rings. The van der Waals surface area contributed by atoms with Crippen LogP contribution in [0.15, 0.2) is 41.4 Å². The smallest absolute Gasteiger partial charge is 0.263 e. The highest BCUT2D eigenvalue weighted by atomic mass is 35.5. The average molecular weight is 356 g/mol. The number of anilines is 1. The molecule has 1 heterocycles. The highest BCUT2D eigenvalue weighted by Gasteiger charge is 2.20. The summed E-state index contributed by atoms with van der Waals surface area (Å²) in [5.41, 5.74) is 1.68. The molecule has 0 radical (unpaired) electrons. The molecule has 0 saturated carbocycles. The lowest BCUT2D eigenvalue weighted by atomic mass is 10.2. The van der Waals surface area contributed by atoms with E-state index in [2.05, 4.69) is 14.9 Å². The van der Waals surface area contributed by atoms with Gasteiger partial charge < -0.3 is 0 Å². The van der Waals surface area contributed by atoms with Crippen molar-refractivity contribution in [1.29, 1.82) is 0 Å². The van der Waals surface area contributed by atoms with E-state index in [1.807, 2.05) is 0 Å².